The van der Waals surface area contributed by atoms with Crippen LogP contribution in [0.3, 0.4) is 0 Å². The van der Waals surface area contributed by atoms with Crippen molar-refractivity contribution in [1.29, 1.82) is 0 Å². The van der Waals surface area contributed by atoms with E-state index in [1.807, 2.05) is 18.2 Å². The van der Waals surface area contributed by atoms with Gasteiger partial charge in [-0.15, -0.1) is 0 Å². The molecule has 0 saturated heterocycles. The number of ether oxygens (including phenoxy) is 2. The molecule has 0 aliphatic carbocycles. The number of esters is 1. The molecule has 0 fully saturated rings. The van der Waals surface area contributed by atoms with Gasteiger partial charge in [0.2, 0.25) is 0 Å². The fourth-order valence-corrected chi connectivity index (χ4v) is 2.37. The summed E-state index contributed by atoms with van der Waals surface area (Å²) in [7, 11) is 1.43. The summed E-state index contributed by atoms with van der Waals surface area (Å²) in [5.74, 6) is 0.839. The first-order chi connectivity index (χ1) is 9.22. The minimum atomic E-state index is -0.158. The minimum Gasteiger partial charge on any atom is -0.488 e. The third-order valence-corrected chi connectivity index (χ3v) is 3.48. The lowest BCUT2D eigenvalue weighted by Crippen LogP contribution is -2.36. The van der Waals surface area contributed by atoms with Gasteiger partial charge in [0.15, 0.2) is 0 Å². The summed E-state index contributed by atoms with van der Waals surface area (Å²) in [6.45, 7) is 4.58. The number of methoxy groups -OCH3 is 1. The van der Waals surface area contributed by atoms with Crippen molar-refractivity contribution in [3.8, 4) is 5.75 Å². The number of likely N-dealkylation sites (N-methyl/N-ethyl adjacent to an activating group) is 1. The van der Waals surface area contributed by atoms with Crippen LogP contribution in [0.25, 0.3) is 0 Å². The molecule has 1 unspecified atom stereocenters. The number of hydrogen-bond donors (Lipinski definition) is 0. The lowest BCUT2D eigenvalue weighted by molar-refractivity contribution is -0.141. The van der Waals surface area contributed by atoms with E-state index < -0.39 is 0 Å². The van der Waals surface area contributed by atoms with E-state index in [-0.39, 0.29) is 12.1 Å². The summed E-state index contributed by atoms with van der Waals surface area (Å²) in [5, 5.41) is 0. The molecule has 1 aromatic carbocycles. The van der Waals surface area contributed by atoms with E-state index in [0.29, 0.717) is 6.42 Å². The summed E-state index contributed by atoms with van der Waals surface area (Å²) in [4.78, 5) is 13.4. The highest BCUT2D eigenvalue weighted by atomic mass is 16.5. The maximum absolute atomic E-state index is 11.2. The average molecular weight is 263 g/mol. The van der Waals surface area contributed by atoms with Crippen LogP contribution in [0.15, 0.2) is 24.3 Å². The number of carbonyl (C=O) groups excluding carboxylic acids is 1. The van der Waals surface area contributed by atoms with Gasteiger partial charge in [0.05, 0.1) is 13.5 Å². The number of para-hydroxylation sites is 1. The second-order valence-electron chi connectivity index (χ2n) is 4.77. The van der Waals surface area contributed by atoms with E-state index in [2.05, 4.69) is 22.6 Å². The number of hydrogen-bond acceptors (Lipinski definition) is 4. The van der Waals surface area contributed by atoms with Gasteiger partial charge in [0.25, 0.3) is 0 Å². The Morgan fingerprint density at radius 2 is 2.26 bits per heavy atom. The van der Waals surface area contributed by atoms with E-state index in [9.17, 15) is 4.79 Å². The van der Waals surface area contributed by atoms with Crippen molar-refractivity contribution in [3.05, 3.63) is 29.8 Å². The van der Waals surface area contributed by atoms with E-state index in [1.165, 1.54) is 12.7 Å². The van der Waals surface area contributed by atoms with Crippen molar-refractivity contribution in [2.45, 2.75) is 25.9 Å². The van der Waals surface area contributed by atoms with E-state index in [0.717, 1.165) is 31.8 Å². The SMILES string of the molecule is CCN(CCC(=O)OC)CC1Cc2ccccc2O1. The largest absolute Gasteiger partial charge is 0.488 e. The van der Waals surface area contributed by atoms with Crippen molar-refractivity contribution in [2.24, 2.45) is 0 Å². The predicted molar refractivity (Wildman–Crippen MR) is 73.3 cm³/mol. The Hall–Kier alpha value is -1.55. The number of nitrogens with zero attached hydrogens (tertiary/aromatic N) is 1. The predicted octanol–water partition coefficient (Wildman–Crippen LogP) is 1.88. The van der Waals surface area contributed by atoms with Crippen LogP contribution in [0.5, 0.6) is 5.75 Å². The third kappa shape index (κ3) is 3.70. The Kier molecular flexibility index (Phi) is 4.80. The Labute approximate surface area is 114 Å². The second kappa shape index (κ2) is 6.57. The van der Waals surface area contributed by atoms with E-state index >= 15 is 0 Å². The van der Waals surface area contributed by atoms with Gasteiger partial charge in [-0.1, -0.05) is 25.1 Å². The summed E-state index contributed by atoms with van der Waals surface area (Å²) in [6, 6.07) is 8.16. The number of rotatable bonds is 6. The second-order valence-corrected chi connectivity index (χ2v) is 4.77. The molecule has 1 aliphatic heterocycles. The van der Waals surface area contributed by atoms with Crippen LogP contribution < -0.4 is 4.74 Å². The molecule has 4 heteroatoms. The molecule has 19 heavy (non-hydrogen) atoms. The van der Waals surface area contributed by atoms with Crippen molar-refractivity contribution in [2.75, 3.05) is 26.7 Å². The summed E-state index contributed by atoms with van der Waals surface area (Å²) >= 11 is 0. The van der Waals surface area contributed by atoms with Crippen LogP contribution in [-0.2, 0) is 16.0 Å². The van der Waals surface area contributed by atoms with Crippen LogP contribution in [0.2, 0.25) is 0 Å². The van der Waals surface area contributed by atoms with Crippen molar-refractivity contribution < 1.29 is 14.3 Å². The smallest absolute Gasteiger partial charge is 0.306 e. The molecule has 2 rings (SSSR count). The highest BCUT2D eigenvalue weighted by molar-refractivity contribution is 5.69. The number of fused-ring (bicyclic) bond motifs is 1. The molecule has 104 valence electrons. The standard InChI is InChI=1S/C15H21NO3/c1-3-16(9-8-15(17)18-2)11-13-10-12-6-4-5-7-14(12)19-13/h4-7,13H,3,8-11H2,1-2H3. The Bertz CT molecular complexity index is 408. The monoisotopic (exact) mass is 263 g/mol. The molecular weight excluding hydrogens is 242 g/mol. The number of benzene rings is 1. The van der Waals surface area contributed by atoms with E-state index in [1.54, 1.807) is 0 Å². The average Bonchev–Trinajstić information content (AvgIpc) is 2.85. The molecule has 1 heterocycles. The number of carbonyl (C=O) groups is 1. The molecule has 0 saturated carbocycles. The molecule has 4 nitrogen and oxygen atoms in total. The third-order valence-electron chi connectivity index (χ3n) is 3.48. The zero-order valence-corrected chi connectivity index (χ0v) is 11.6. The molecular formula is C15H21NO3. The maximum Gasteiger partial charge on any atom is 0.306 e. The van der Waals surface area contributed by atoms with Crippen LogP contribution in [0.1, 0.15) is 18.9 Å². The zero-order valence-electron chi connectivity index (χ0n) is 11.6. The summed E-state index contributed by atoms with van der Waals surface area (Å²) in [6.07, 6.45) is 1.57. The Morgan fingerprint density at radius 1 is 1.47 bits per heavy atom. The van der Waals surface area contributed by atoms with Crippen LogP contribution in [0.4, 0.5) is 0 Å². The molecule has 0 N–H and O–H groups in total. The topological polar surface area (TPSA) is 38.8 Å². The molecule has 1 atom stereocenters. The van der Waals surface area contributed by atoms with Gasteiger partial charge < -0.3 is 9.47 Å². The first kappa shape index (κ1) is 13.9. The van der Waals surface area contributed by atoms with Gasteiger partial charge in [0.1, 0.15) is 11.9 Å². The van der Waals surface area contributed by atoms with Gasteiger partial charge in [-0.05, 0) is 18.2 Å². The van der Waals surface area contributed by atoms with Crippen molar-refractivity contribution in [3.63, 3.8) is 0 Å². The highest BCUT2D eigenvalue weighted by Crippen LogP contribution is 2.28. The molecule has 1 aromatic rings. The maximum atomic E-state index is 11.2. The van der Waals surface area contributed by atoms with Gasteiger partial charge in [-0.2, -0.15) is 0 Å². The molecule has 0 spiro atoms. The van der Waals surface area contributed by atoms with Gasteiger partial charge in [-0.25, -0.2) is 0 Å². The van der Waals surface area contributed by atoms with Crippen molar-refractivity contribution >= 4 is 5.97 Å². The zero-order chi connectivity index (χ0) is 13.7. The first-order valence-electron chi connectivity index (χ1n) is 6.76. The van der Waals surface area contributed by atoms with Crippen LogP contribution in [-0.4, -0.2) is 43.7 Å². The molecule has 0 bridgehead atoms. The Balaban J connectivity index is 1.82. The fraction of sp³-hybridized carbons (Fsp3) is 0.533. The minimum absolute atomic E-state index is 0.158. The molecule has 0 radical (unpaired) electrons. The van der Waals surface area contributed by atoms with E-state index in [4.69, 9.17) is 4.74 Å². The highest BCUT2D eigenvalue weighted by Gasteiger charge is 2.24. The van der Waals surface area contributed by atoms with Crippen LogP contribution in [0, 0.1) is 0 Å². The Morgan fingerprint density at radius 3 is 2.95 bits per heavy atom. The normalized spacial score (nSPS) is 17.1. The summed E-state index contributed by atoms with van der Waals surface area (Å²) in [5.41, 5.74) is 1.27. The molecule has 0 amide bonds. The van der Waals surface area contributed by atoms with Crippen LogP contribution >= 0.6 is 0 Å². The van der Waals surface area contributed by atoms with Gasteiger partial charge in [-0.3, -0.25) is 9.69 Å². The van der Waals surface area contributed by atoms with Gasteiger partial charge in [0, 0.05) is 19.5 Å². The first-order valence-corrected chi connectivity index (χ1v) is 6.76. The van der Waals surface area contributed by atoms with Gasteiger partial charge >= 0.3 is 5.97 Å². The quantitative estimate of drug-likeness (QED) is 0.735. The lowest BCUT2D eigenvalue weighted by atomic mass is 10.1. The fourth-order valence-electron chi connectivity index (χ4n) is 2.37. The summed E-state index contributed by atoms with van der Waals surface area (Å²) < 4.78 is 10.6. The molecule has 0 aromatic heterocycles. The van der Waals surface area contributed by atoms with Crippen molar-refractivity contribution in [1.82, 2.24) is 4.90 Å². The molecule has 1 aliphatic rings. The lowest BCUT2D eigenvalue weighted by Gasteiger charge is -2.23.